The molecule has 2 nitrogen and oxygen atoms in total. The fourth-order valence-electron chi connectivity index (χ4n) is 3.49. The van der Waals surface area contributed by atoms with Gasteiger partial charge in [-0.05, 0) is 31.2 Å². The zero-order valence-corrected chi connectivity index (χ0v) is 17.2. The van der Waals surface area contributed by atoms with Gasteiger partial charge in [-0.3, -0.25) is 0 Å². The fourth-order valence-corrected chi connectivity index (χ4v) is 3.49. The molecule has 0 radical (unpaired) electrons. The van der Waals surface area contributed by atoms with Crippen molar-refractivity contribution in [1.82, 2.24) is 0 Å². The maximum absolute atomic E-state index is 9.99. The van der Waals surface area contributed by atoms with E-state index in [4.69, 9.17) is 5.73 Å². The van der Waals surface area contributed by atoms with Crippen LogP contribution in [0.2, 0.25) is 0 Å². The quantitative estimate of drug-likeness (QED) is 0.288. The van der Waals surface area contributed by atoms with E-state index in [1.165, 1.54) is 69.8 Å². The molecule has 3 heteroatoms. The molecule has 0 amide bonds. The van der Waals surface area contributed by atoms with Gasteiger partial charge in [0.15, 0.2) is 0 Å². The van der Waals surface area contributed by atoms with Crippen molar-refractivity contribution >= 4 is 12.4 Å². The Labute approximate surface area is 162 Å². The molecule has 146 valence electrons. The average molecular weight is 370 g/mol. The number of aliphatic hydroxyl groups is 1. The zero-order valence-electron chi connectivity index (χ0n) is 16.4. The lowest BCUT2D eigenvalue weighted by Gasteiger charge is -2.25. The Kier molecular flexibility index (Phi) is 14.3. The van der Waals surface area contributed by atoms with E-state index in [2.05, 4.69) is 31.2 Å². The SMILES string of the molecule is CCCCCCCCCCCCC(CC(C)(N)O)c1ccccc1.Cl. The molecule has 0 bridgehead atoms. The molecule has 1 aromatic rings. The van der Waals surface area contributed by atoms with Gasteiger partial charge < -0.3 is 10.8 Å². The van der Waals surface area contributed by atoms with E-state index in [1.54, 1.807) is 6.92 Å². The molecule has 25 heavy (non-hydrogen) atoms. The molecule has 2 atom stereocenters. The van der Waals surface area contributed by atoms with E-state index in [0.29, 0.717) is 12.3 Å². The standard InChI is InChI=1S/C22H39NO.ClH/c1-3-4-5-6-7-8-9-10-11-13-18-21(19-22(2,23)24)20-16-14-12-15-17-20;/h12,14-17,21,24H,3-11,13,18-19,23H2,1-2H3;1H. The summed E-state index contributed by atoms with van der Waals surface area (Å²) in [7, 11) is 0. The lowest BCUT2D eigenvalue weighted by atomic mass is 9.87. The summed E-state index contributed by atoms with van der Waals surface area (Å²) in [5, 5.41) is 9.99. The van der Waals surface area contributed by atoms with Gasteiger partial charge in [0.05, 0.1) is 0 Å². The topological polar surface area (TPSA) is 46.2 Å². The summed E-state index contributed by atoms with van der Waals surface area (Å²) in [4.78, 5) is 0. The number of benzene rings is 1. The normalized spacial score (nSPS) is 14.6. The predicted molar refractivity (Wildman–Crippen MR) is 112 cm³/mol. The first kappa shape index (κ1) is 24.4. The molecule has 0 heterocycles. The lowest BCUT2D eigenvalue weighted by molar-refractivity contribution is 0.0488. The van der Waals surface area contributed by atoms with E-state index in [9.17, 15) is 5.11 Å². The van der Waals surface area contributed by atoms with Crippen LogP contribution in [0.4, 0.5) is 0 Å². The number of nitrogens with two attached hydrogens (primary N) is 1. The third kappa shape index (κ3) is 13.3. The minimum Gasteiger partial charge on any atom is -0.376 e. The van der Waals surface area contributed by atoms with Gasteiger partial charge in [-0.25, -0.2) is 0 Å². The molecular weight excluding hydrogens is 330 g/mol. The highest BCUT2D eigenvalue weighted by molar-refractivity contribution is 5.85. The molecule has 0 saturated heterocycles. The van der Waals surface area contributed by atoms with Crippen LogP contribution in [0.15, 0.2) is 30.3 Å². The third-order valence-corrected chi connectivity index (χ3v) is 4.84. The Hall–Kier alpha value is -0.570. The van der Waals surface area contributed by atoms with Crippen LogP contribution >= 0.6 is 12.4 Å². The summed E-state index contributed by atoms with van der Waals surface area (Å²) in [5.74, 6) is 0.361. The van der Waals surface area contributed by atoms with Gasteiger partial charge >= 0.3 is 0 Å². The molecule has 0 fully saturated rings. The van der Waals surface area contributed by atoms with Gasteiger partial charge in [0.25, 0.3) is 0 Å². The van der Waals surface area contributed by atoms with Crippen LogP contribution in [0.25, 0.3) is 0 Å². The Morgan fingerprint density at radius 1 is 0.880 bits per heavy atom. The Balaban J connectivity index is 0.00000576. The highest BCUT2D eigenvalue weighted by Crippen LogP contribution is 2.29. The second-order valence-corrected chi connectivity index (χ2v) is 7.64. The van der Waals surface area contributed by atoms with E-state index in [1.807, 2.05) is 6.07 Å². The predicted octanol–water partition coefficient (Wildman–Crippen LogP) is 6.56. The Morgan fingerprint density at radius 3 is 1.84 bits per heavy atom. The van der Waals surface area contributed by atoms with Crippen molar-refractivity contribution < 1.29 is 5.11 Å². The summed E-state index contributed by atoms with van der Waals surface area (Å²) < 4.78 is 0. The van der Waals surface area contributed by atoms with Crippen molar-refractivity contribution in [2.75, 3.05) is 0 Å². The average Bonchev–Trinajstić information content (AvgIpc) is 2.55. The molecule has 0 spiro atoms. The molecule has 1 rings (SSSR count). The molecular formula is C22H40ClNO. The molecule has 1 aromatic carbocycles. The first-order valence-electron chi connectivity index (χ1n) is 10.1. The fraction of sp³-hybridized carbons (Fsp3) is 0.727. The van der Waals surface area contributed by atoms with Gasteiger partial charge in [-0.15, -0.1) is 12.4 Å². The minimum atomic E-state index is -1.08. The second kappa shape index (κ2) is 14.6. The van der Waals surface area contributed by atoms with Gasteiger partial charge in [0.2, 0.25) is 0 Å². The number of rotatable bonds is 14. The summed E-state index contributed by atoms with van der Waals surface area (Å²) in [5.41, 5.74) is 6.07. The third-order valence-electron chi connectivity index (χ3n) is 4.84. The number of unbranched alkanes of at least 4 members (excludes halogenated alkanes) is 9. The van der Waals surface area contributed by atoms with Crippen LogP contribution in [-0.2, 0) is 0 Å². The van der Waals surface area contributed by atoms with Crippen LogP contribution in [0.1, 0.15) is 102 Å². The van der Waals surface area contributed by atoms with E-state index in [0.717, 1.165) is 6.42 Å². The van der Waals surface area contributed by atoms with Crippen molar-refractivity contribution in [2.45, 2.75) is 103 Å². The first-order chi connectivity index (χ1) is 11.5. The van der Waals surface area contributed by atoms with Crippen molar-refractivity contribution in [1.29, 1.82) is 0 Å². The molecule has 0 aliphatic carbocycles. The van der Waals surface area contributed by atoms with Crippen LogP contribution in [-0.4, -0.2) is 10.8 Å². The number of hydrogen-bond donors (Lipinski definition) is 2. The minimum absolute atomic E-state index is 0. The van der Waals surface area contributed by atoms with Crippen molar-refractivity contribution in [3.05, 3.63) is 35.9 Å². The Morgan fingerprint density at radius 2 is 1.36 bits per heavy atom. The monoisotopic (exact) mass is 369 g/mol. The van der Waals surface area contributed by atoms with Crippen LogP contribution in [0.5, 0.6) is 0 Å². The summed E-state index contributed by atoms with van der Waals surface area (Å²) >= 11 is 0. The molecule has 0 aliphatic rings. The largest absolute Gasteiger partial charge is 0.376 e. The summed E-state index contributed by atoms with van der Waals surface area (Å²) in [6.07, 6.45) is 15.3. The maximum Gasteiger partial charge on any atom is 0.111 e. The molecule has 0 aliphatic heterocycles. The van der Waals surface area contributed by atoms with Crippen molar-refractivity contribution in [3.63, 3.8) is 0 Å². The van der Waals surface area contributed by atoms with Crippen molar-refractivity contribution in [2.24, 2.45) is 5.73 Å². The summed E-state index contributed by atoms with van der Waals surface area (Å²) in [6, 6.07) is 10.5. The van der Waals surface area contributed by atoms with Gasteiger partial charge in [0.1, 0.15) is 5.72 Å². The van der Waals surface area contributed by atoms with Gasteiger partial charge in [0, 0.05) is 0 Å². The highest BCUT2D eigenvalue weighted by Gasteiger charge is 2.21. The van der Waals surface area contributed by atoms with Gasteiger partial charge in [-0.2, -0.15) is 0 Å². The van der Waals surface area contributed by atoms with E-state index in [-0.39, 0.29) is 12.4 Å². The molecule has 0 saturated carbocycles. The number of halogens is 1. The maximum atomic E-state index is 9.99. The van der Waals surface area contributed by atoms with E-state index < -0.39 is 5.72 Å². The smallest absolute Gasteiger partial charge is 0.111 e. The first-order valence-corrected chi connectivity index (χ1v) is 10.1. The zero-order chi connectivity index (χ0) is 17.7. The Bertz CT molecular complexity index is 402. The highest BCUT2D eigenvalue weighted by atomic mass is 35.5. The van der Waals surface area contributed by atoms with Crippen LogP contribution in [0.3, 0.4) is 0 Å². The van der Waals surface area contributed by atoms with Crippen LogP contribution < -0.4 is 5.73 Å². The number of hydrogen-bond acceptors (Lipinski definition) is 2. The van der Waals surface area contributed by atoms with Crippen molar-refractivity contribution in [3.8, 4) is 0 Å². The van der Waals surface area contributed by atoms with E-state index >= 15 is 0 Å². The second-order valence-electron chi connectivity index (χ2n) is 7.64. The lowest BCUT2D eigenvalue weighted by Crippen LogP contribution is -2.37. The van der Waals surface area contributed by atoms with Crippen LogP contribution in [0, 0.1) is 0 Å². The molecule has 2 unspecified atom stereocenters. The molecule has 0 aromatic heterocycles. The van der Waals surface area contributed by atoms with Gasteiger partial charge in [-0.1, -0.05) is 101 Å². The summed E-state index contributed by atoms with van der Waals surface area (Å²) in [6.45, 7) is 3.98. The molecule has 3 N–H and O–H groups in total.